The topological polar surface area (TPSA) is 0 Å². The smallest absolute Gasteiger partial charge is 0.0183 e. The first-order valence-electron chi connectivity index (χ1n) is 4.76. The van der Waals surface area contributed by atoms with E-state index in [0.717, 1.165) is 11.8 Å². The highest BCUT2D eigenvalue weighted by Gasteiger charge is 2.12. The minimum atomic E-state index is 0. The second-order valence-electron chi connectivity index (χ2n) is 3.67. The van der Waals surface area contributed by atoms with Crippen molar-refractivity contribution < 1.29 is 0 Å². The molecule has 0 aliphatic rings. The number of rotatable bonds is 4. The Labute approximate surface area is 79.1 Å². The molecule has 0 heterocycles. The second-order valence-corrected chi connectivity index (χ2v) is 3.67. The highest BCUT2D eigenvalue weighted by atomic mass is 14.2. The first-order valence-corrected chi connectivity index (χ1v) is 4.76. The fourth-order valence-electron chi connectivity index (χ4n) is 1.61. The zero-order valence-electron chi connectivity index (χ0n) is 8.65. The molecule has 0 aliphatic heterocycles. The molecule has 12 heavy (non-hydrogen) atoms. The maximum atomic E-state index is 2.31. The minimum Gasteiger partial charge on any atom is -0.0884 e. The monoisotopic (exact) mass is 170 g/mol. The minimum absolute atomic E-state index is 0. The van der Waals surface area contributed by atoms with Crippen LogP contribution in [-0.2, 0) is 0 Å². The van der Waals surface area contributed by atoms with Gasteiger partial charge in [-0.05, 0) is 32.1 Å². The normalized spacial score (nSPS) is 14.3. The van der Waals surface area contributed by atoms with E-state index < -0.39 is 0 Å². The van der Waals surface area contributed by atoms with E-state index in [9.17, 15) is 0 Å². The van der Waals surface area contributed by atoms with Crippen molar-refractivity contribution in [3.8, 4) is 0 Å². The third-order valence-electron chi connectivity index (χ3n) is 2.44. The lowest BCUT2D eigenvalue weighted by atomic mass is 9.85. The molecule has 0 aromatic carbocycles. The van der Waals surface area contributed by atoms with Crippen molar-refractivity contribution >= 4 is 0 Å². The number of hydrogen-bond donors (Lipinski definition) is 0. The summed E-state index contributed by atoms with van der Waals surface area (Å²) in [5.74, 6) is 1.61. The summed E-state index contributed by atoms with van der Waals surface area (Å²) < 4.78 is 0. The van der Waals surface area contributed by atoms with Crippen molar-refractivity contribution in [2.24, 2.45) is 11.8 Å². The van der Waals surface area contributed by atoms with Crippen LogP contribution in [0.5, 0.6) is 0 Å². The van der Waals surface area contributed by atoms with Gasteiger partial charge in [-0.1, -0.05) is 46.3 Å². The van der Waals surface area contributed by atoms with Gasteiger partial charge in [0.1, 0.15) is 0 Å². The Bertz CT molecular complexity index is 120. The van der Waals surface area contributed by atoms with E-state index in [2.05, 4.69) is 40.7 Å². The molecule has 0 radical (unpaired) electrons. The second kappa shape index (κ2) is 7.39. The highest BCUT2D eigenvalue weighted by molar-refractivity contribution is 5.02. The van der Waals surface area contributed by atoms with Gasteiger partial charge in [0.05, 0.1) is 0 Å². The Kier molecular flexibility index (Phi) is 8.79. The lowest BCUT2D eigenvalue weighted by Crippen LogP contribution is -2.09. The summed E-state index contributed by atoms with van der Waals surface area (Å²) in [6.07, 6.45) is 4.89. The quantitative estimate of drug-likeness (QED) is 0.538. The Morgan fingerprint density at radius 1 is 1.33 bits per heavy atom. The van der Waals surface area contributed by atoms with Crippen LogP contribution in [-0.4, -0.2) is 0 Å². The van der Waals surface area contributed by atoms with Gasteiger partial charge in [-0.15, -0.1) is 0 Å². The molecule has 0 N–H and O–H groups in total. The van der Waals surface area contributed by atoms with Gasteiger partial charge in [-0.2, -0.15) is 0 Å². The lowest BCUT2D eigenvalue weighted by molar-refractivity contribution is 0.410. The Hall–Kier alpha value is -0.260. The maximum absolute atomic E-state index is 2.31. The first kappa shape index (κ1) is 14.3. The molecule has 0 heteroatoms. The van der Waals surface area contributed by atoms with E-state index in [1.807, 2.05) is 0 Å². The zero-order valence-corrected chi connectivity index (χ0v) is 8.65. The van der Waals surface area contributed by atoms with Crippen molar-refractivity contribution in [1.29, 1.82) is 0 Å². The standard InChI is InChI=1S/C11H22.CH4/c1-6-8-11(9(3)4)10(5)7-2;/h7,9,11H,6,8H2,1-5H3;1H4/b10-7-;/t11-;/m1./s1. The van der Waals surface area contributed by atoms with Gasteiger partial charge >= 0.3 is 0 Å². The number of allylic oxidation sites excluding steroid dienone is 2. The Balaban J connectivity index is 0. The SMILES string of the molecule is C.C/C=C(/C)[C@H](CCC)C(C)C. The van der Waals surface area contributed by atoms with Crippen LogP contribution in [0.2, 0.25) is 0 Å². The summed E-state index contributed by atoms with van der Waals surface area (Å²) in [7, 11) is 0. The first-order chi connectivity index (χ1) is 5.13. The average Bonchev–Trinajstić information content (AvgIpc) is 1.98. The molecule has 0 saturated heterocycles. The van der Waals surface area contributed by atoms with Crippen LogP contribution >= 0.6 is 0 Å². The van der Waals surface area contributed by atoms with E-state index in [-0.39, 0.29) is 7.43 Å². The molecule has 0 nitrogen and oxygen atoms in total. The van der Waals surface area contributed by atoms with Crippen molar-refractivity contribution in [2.75, 3.05) is 0 Å². The average molecular weight is 170 g/mol. The van der Waals surface area contributed by atoms with Crippen LogP contribution in [0, 0.1) is 11.8 Å². The van der Waals surface area contributed by atoms with Crippen LogP contribution < -0.4 is 0 Å². The molecule has 0 aromatic heterocycles. The van der Waals surface area contributed by atoms with Gasteiger partial charge in [0.25, 0.3) is 0 Å². The largest absolute Gasteiger partial charge is 0.0884 e. The lowest BCUT2D eigenvalue weighted by Gasteiger charge is -2.20. The van der Waals surface area contributed by atoms with E-state index in [0.29, 0.717) is 0 Å². The van der Waals surface area contributed by atoms with Crippen LogP contribution in [0.3, 0.4) is 0 Å². The molecule has 0 bridgehead atoms. The van der Waals surface area contributed by atoms with Crippen LogP contribution in [0.25, 0.3) is 0 Å². The van der Waals surface area contributed by atoms with Crippen LogP contribution in [0.15, 0.2) is 11.6 Å². The van der Waals surface area contributed by atoms with Gasteiger partial charge in [0, 0.05) is 0 Å². The van der Waals surface area contributed by atoms with Crippen molar-refractivity contribution in [1.82, 2.24) is 0 Å². The van der Waals surface area contributed by atoms with Gasteiger partial charge in [-0.3, -0.25) is 0 Å². The summed E-state index contributed by atoms with van der Waals surface area (Å²) >= 11 is 0. The molecule has 0 aromatic rings. The summed E-state index contributed by atoms with van der Waals surface area (Å²) in [4.78, 5) is 0. The fraction of sp³-hybridized carbons (Fsp3) is 0.833. The molecule has 0 amide bonds. The summed E-state index contributed by atoms with van der Waals surface area (Å²) in [5.41, 5.74) is 1.56. The Morgan fingerprint density at radius 3 is 2.08 bits per heavy atom. The third-order valence-corrected chi connectivity index (χ3v) is 2.44. The van der Waals surface area contributed by atoms with E-state index in [1.54, 1.807) is 5.57 Å². The number of hydrogen-bond acceptors (Lipinski definition) is 0. The van der Waals surface area contributed by atoms with Gasteiger partial charge < -0.3 is 0 Å². The molecule has 0 unspecified atom stereocenters. The molecule has 0 saturated carbocycles. The molecule has 0 spiro atoms. The molecular formula is C12H26. The fourth-order valence-corrected chi connectivity index (χ4v) is 1.61. The van der Waals surface area contributed by atoms with Crippen molar-refractivity contribution in [3.05, 3.63) is 11.6 Å². The van der Waals surface area contributed by atoms with Crippen LogP contribution in [0.1, 0.15) is 54.9 Å². The summed E-state index contributed by atoms with van der Waals surface area (Å²) in [6, 6.07) is 0. The highest BCUT2D eigenvalue weighted by Crippen LogP contribution is 2.24. The predicted octanol–water partition coefficient (Wildman–Crippen LogP) is 4.66. The van der Waals surface area contributed by atoms with Gasteiger partial charge in [-0.25, -0.2) is 0 Å². The van der Waals surface area contributed by atoms with E-state index >= 15 is 0 Å². The van der Waals surface area contributed by atoms with Gasteiger partial charge in [0.15, 0.2) is 0 Å². The van der Waals surface area contributed by atoms with E-state index in [4.69, 9.17) is 0 Å². The maximum Gasteiger partial charge on any atom is -0.0183 e. The summed E-state index contributed by atoms with van der Waals surface area (Å²) in [5, 5.41) is 0. The van der Waals surface area contributed by atoms with Gasteiger partial charge in [0.2, 0.25) is 0 Å². The molecule has 74 valence electrons. The predicted molar refractivity (Wildman–Crippen MR) is 59.4 cm³/mol. The van der Waals surface area contributed by atoms with Crippen molar-refractivity contribution in [3.63, 3.8) is 0 Å². The third kappa shape index (κ3) is 4.58. The molecule has 0 aliphatic carbocycles. The summed E-state index contributed by atoms with van der Waals surface area (Å²) in [6.45, 7) is 11.3. The van der Waals surface area contributed by atoms with Crippen molar-refractivity contribution in [2.45, 2.75) is 54.9 Å². The molecule has 1 atom stereocenters. The molecule has 0 fully saturated rings. The Morgan fingerprint density at radius 2 is 1.83 bits per heavy atom. The molecular weight excluding hydrogens is 144 g/mol. The van der Waals surface area contributed by atoms with E-state index in [1.165, 1.54) is 12.8 Å². The molecule has 0 rings (SSSR count). The van der Waals surface area contributed by atoms with Crippen LogP contribution in [0.4, 0.5) is 0 Å². The zero-order chi connectivity index (χ0) is 8.85.